The molecule has 2 amide bonds. The van der Waals surface area contributed by atoms with Gasteiger partial charge in [0.2, 0.25) is 0 Å². The van der Waals surface area contributed by atoms with E-state index in [1.165, 1.54) is 11.0 Å². The van der Waals surface area contributed by atoms with Crippen LogP contribution in [0.3, 0.4) is 0 Å². The fourth-order valence-electron chi connectivity index (χ4n) is 2.03. The maximum atomic E-state index is 13.5. The number of ether oxygens (including phenoxy) is 1. The second-order valence-electron chi connectivity index (χ2n) is 4.56. The maximum absolute atomic E-state index is 13.5. The predicted octanol–water partition coefficient (Wildman–Crippen LogP) is 1.67. The minimum absolute atomic E-state index is 0.0498. The van der Waals surface area contributed by atoms with Crippen LogP contribution < -0.4 is 5.32 Å². The molecule has 0 bridgehead atoms. The van der Waals surface area contributed by atoms with Gasteiger partial charge < -0.3 is 20.1 Å². The van der Waals surface area contributed by atoms with Gasteiger partial charge in [0.15, 0.2) is 0 Å². The van der Waals surface area contributed by atoms with Crippen LogP contribution in [0.4, 0.5) is 19.3 Å². The molecule has 1 aromatic carbocycles. The number of carbonyl (C=O) groups is 2. The molecule has 0 aromatic heterocycles. The maximum Gasteiger partial charge on any atom is 0.322 e. The molecule has 1 heterocycles. The molecule has 0 aliphatic carbocycles. The van der Waals surface area contributed by atoms with Gasteiger partial charge in [0, 0.05) is 13.1 Å². The molecule has 6 nitrogen and oxygen atoms in total. The second-order valence-corrected chi connectivity index (χ2v) is 4.56. The van der Waals surface area contributed by atoms with E-state index in [9.17, 15) is 18.4 Å². The van der Waals surface area contributed by atoms with E-state index in [2.05, 4.69) is 5.32 Å². The van der Waals surface area contributed by atoms with Gasteiger partial charge in [0.1, 0.15) is 17.3 Å². The topological polar surface area (TPSA) is 78.9 Å². The zero-order chi connectivity index (χ0) is 15.4. The van der Waals surface area contributed by atoms with E-state index in [-0.39, 0.29) is 26.1 Å². The third kappa shape index (κ3) is 3.88. The summed E-state index contributed by atoms with van der Waals surface area (Å²) >= 11 is 0. The van der Waals surface area contributed by atoms with Gasteiger partial charge in [0.05, 0.1) is 19.1 Å². The molecule has 0 spiro atoms. The Morgan fingerprint density at radius 2 is 2.05 bits per heavy atom. The molecule has 1 aliphatic rings. The first kappa shape index (κ1) is 15.2. The van der Waals surface area contributed by atoms with Crippen molar-refractivity contribution >= 4 is 17.7 Å². The Morgan fingerprint density at radius 1 is 1.38 bits per heavy atom. The van der Waals surface area contributed by atoms with Crippen molar-refractivity contribution in [3.63, 3.8) is 0 Å². The van der Waals surface area contributed by atoms with Crippen LogP contribution >= 0.6 is 0 Å². The summed E-state index contributed by atoms with van der Waals surface area (Å²) < 4.78 is 32.1. The highest BCUT2D eigenvalue weighted by Crippen LogP contribution is 2.19. The Bertz CT molecular complexity index is 533. The highest BCUT2D eigenvalue weighted by Gasteiger charge is 2.26. The number of para-hydroxylation sites is 1. The first-order valence-electron chi connectivity index (χ1n) is 6.30. The summed E-state index contributed by atoms with van der Waals surface area (Å²) in [7, 11) is 0. The van der Waals surface area contributed by atoms with Crippen molar-refractivity contribution in [2.24, 2.45) is 0 Å². The van der Waals surface area contributed by atoms with E-state index in [1.54, 1.807) is 0 Å². The molecule has 8 heteroatoms. The molecule has 1 aliphatic heterocycles. The van der Waals surface area contributed by atoms with Crippen molar-refractivity contribution in [2.45, 2.75) is 12.5 Å². The Morgan fingerprint density at radius 3 is 2.67 bits per heavy atom. The lowest BCUT2D eigenvalue weighted by Crippen LogP contribution is -2.48. The Balaban J connectivity index is 2.01. The van der Waals surface area contributed by atoms with Crippen molar-refractivity contribution in [1.82, 2.24) is 4.90 Å². The molecule has 1 saturated heterocycles. The Kier molecular flexibility index (Phi) is 4.69. The number of nitrogens with zero attached hydrogens (tertiary/aromatic N) is 1. The van der Waals surface area contributed by atoms with Crippen molar-refractivity contribution in [3.8, 4) is 0 Å². The smallest absolute Gasteiger partial charge is 0.322 e. The fraction of sp³-hybridized carbons (Fsp3) is 0.385. The third-order valence-corrected chi connectivity index (χ3v) is 3.02. The molecular formula is C13H14F2N2O4. The summed E-state index contributed by atoms with van der Waals surface area (Å²) in [6, 6.07) is 2.56. The minimum Gasteiger partial charge on any atom is -0.481 e. The second kappa shape index (κ2) is 6.49. The van der Waals surface area contributed by atoms with Gasteiger partial charge in [-0.15, -0.1) is 0 Å². The summed E-state index contributed by atoms with van der Waals surface area (Å²) in [5.74, 6) is -2.79. The van der Waals surface area contributed by atoms with Crippen molar-refractivity contribution < 1.29 is 28.2 Å². The van der Waals surface area contributed by atoms with E-state index in [0.717, 1.165) is 12.1 Å². The number of halogens is 2. The number of carboxylic acids is 1. The van der Waals surface area contributed by atoms with Crippen LogP contribution in [0, 0.1) is 11.6 Å². The van der Waals surface area contributed by atoms with Crippen LogP contribution in [-0.4, -0.2) is 47.8 Å². The number of amides is 2. The van der Waals surface area contributed by atoms with Gasteiger partial charge in [-0.05, 0) is 12.1 Å². The Hall–Kier alpha value is -2.22. The molecule has 21 heavy (non-hydrogen) atoms. The number of urea groups is 1. The van der Waals surface area contributed by atoms with Crippen molar-refractivity contribution in [2.75, 3.05) is 25.0 Å². The first-order valence-corrected chi connectivity index (χ1v) is 6.30. The van der Waals surface area contributed by atoms with E-state index < -0.39 is 35.4 Å². The van der Waals surface area contributed by atoms with E-state index in [4.69, 9.17) is 9.84 Å². The zero-order valence-electron chi connectivity index (χ0n) is 11.0. The molecule has 1 atom stereocenters. The summed E-state index contributed by atoms with van der Waals surface area (Å²) in [6.45, 7) is 0.442. The number of carbonyl (C=O) groups excluding carboxylic acids is 1. The van der Waals surface area contributed by atoms with Gasteiger partial charge in [-0.2, -0.15) is 0 Å². The number of morpholine rings is 1. The first-order chi connectivity index (χ1) is 9.97. The number of benzene rings is 1. The van der Waals surface area contributed by atoms with Crippen LogP contribution in [0.25, 0.3) is 0 Å². The third-order valence-electron chi connectivity index (χ3n) is 3.02. The quantitative estimate of drug-likeness (QED) is 0.890. The van der Waals surface area contributed by atoms with Crippen molar-refractivity contribution in [3.05, 3.63) is 29.8 Å². The summed E-state index contributed by atoms with van der Waals surface area (Å²) in [5.41, 5.74) is -0.524. The average Bonchev–Trinajstić information content (AvgIpc) is 2.42. The summed E-state index contributed by atoms with van der Waals surface area (Å²) in [6.07, 6.45) is -0.870. The number of aliphatic carboxylic acids is 1. The van der Waals surface area contributed by atoms with Crippen molar-refractivity contribution in [1.29, 1.82) is 0 Å². The molecule has 0 saturated carbocycles. The van der Waals surface area contributed by atoms with Crippen LogP contribution in [-0.2, 0) is 9.53 Å². The average molecular weight is 300 g/mol. The zero-order valence-corrected chi connectivity index (χ0v) is 11.0. The van der Waals surface area contributed by atoms with E-state index in [1.807, 2.05) is 0 Å². The number of rotatable bonds is 3. The molecule has 0 radical (unpaired) electrons. The van der Waals surface area contributed by atoms with E-state index in [0.29, 0.717) is 0 Å². The molecule has 1 aromatic rings. The normalized spacial score (nSPS) is 18.4. The molecular weight excluding hydrogens is 286 g/mol. The summed E-state index contributed by atoms with van der Waals surface area (Å²) in [5, 5.41) is 10.9. The van der Waals surface area contributed by atoms with Gasteiger partial charge in [0.25, 0.3) is 0 Å². The van der Waals surface area contributed by atoms with Crippen LogP contribution in [0.2, 0.25) is 0 Å². The van der Waals surface area contributed by atoms with Gasteiger partial charge in [-0.25, -0.2) is 13.6 Å². The highest BCUT2D eigenvalue weighted by molar-refractivity contribution is 5.89. The number of nitrogens with one attached hydrogen (secondary N) is 1. The molecule has 114 valence electrons. The molecule has 1 unspecified atom stereocenters. The molecule has 2 N–H and O–H groups in total. The number of carboxylic acid groups (broad SMARTS) is 1. The Labute approximate surface area is 119 Å². The lowest BCUT2D eigenvalue weighted by molar-refractivity contribution is -0.141. The van der Waals surface area contributed by atoms with Gasteiger partial charge >= 0.3 is 12.0 Å². The lowest BCUT2D eigenvalue weighted by atomic mass is 10.2. The minimum atomic E-state index is -1.04. The van der Waals surface area contributed by atoms with Gasteiger partial charge in [-0.1, -0.05) is 6.07 Å². The number of anilines is 1. The SMILES string of the molecule is O=C(O)CC1CN(C(=O)Nc2c(F)cccc2F)CCO1. The van der Waals surface area contributed by atoms with Crippen LogP contribution in [0.1, 0.15) is 6.42 Å². The lowest BCUT2D eigenvalue weighted by Gasteiger charge is -2.32. The van der Waals surface area contributed by atoms with Crippen LogP contribution in [0.5, 0.6) is 0 Å². The standard InChI is InChI=1S/C13H14F2N2O4/c14-9-2-1-3-10(15)12(9)16-13(20)17-4-5-21-8(7-17)6-11(18)19/h1-3,8H,4-7H2,(H,16,20)(H,18,19). The predicted molar refractivity (Wildman–Crippen MR) is 68.9 cm³/mol. The highest BCUT2D eigenvalue weighted by atomic mass is 19.1. The largest absolute Gasteiger partial charge is 0.481 e. The molecule has 2 rings (SSSR count). The van der Waals surface area contributed by atoms with Crippen LogP contribution in [0.15, 0.2) is 18.2 Å². The van der Waals surface area contributed by atoms with E-state index >= 15 is 0 Å². The summed E-state index contributed by atoms with van der Waals surface area (Å²) in [4.78, 5) is 23.9. The fourth-order valence-corrected chi connectivity index (χ4v) is 2.03. The molecule has 1 fully saturated rings. The number of hydrogen-bond donors (Lipinski definition) is 2. The van der Waals surface area contributed by atoms with Gasteiger partial charge in [-0.3, -0.25) is 4.79 Å². The number of hydrogen-bond acceptors (Lipinski definition) is 3. The monoisotopic (exact) mass is 300 g/mol.